The number of amides is 1. The van der Waals surface area contributed by atoms with Crippen molar-refractivity contribution in [1.82, 2.24) is 25.1 Å². The van der Waals surface area contributed by atoms with Crippen LogP contribution in [0.2, 0.25) is 0 Å². The van der Waals surface area contributed by atoms with Gasteiger partial charge in [-0.15, -0.1) is 10.2 Å². The van der Waals surface area contributed by atoms with Gasteiger partial charge in [0, 0.05) is 12.6 Å². The lowest BCUT2D eigenvalue weighted by atomic mass is 10.2. The second-order valence-corrected chi connectivity index (χ2v) is 10.1. The van der Waals surface area contributed by atoms with E-state index < -0.39 is 0 Å². The largest absolute Gasteiger partial charge is 0.346 e. The number of halogens is 1. The van der Waals surface area contributed by atoms with E-state index in [1.165, 1.54) is 35.2 Å². The second kappa shape index (κ2) is 10.0. The Kier molecular flexibility index (Phi) is 6.68. The maximum Gasteiger partial charge on any atom is 0.282 e. The summed E-state index contributed by atoms with van der Waals surface area (Å²) in [7, 11) is 0. The first kappa shape index (κ1) is 22.7. The third kappa shape index (κ3) is 4.88. The number of carbonyl (C=O) groups excluding carboxylic acids is 1. The molecule has 1 aliphatic carbocycles. The van der Waals surface area contributed by atoms with Crippen molar-refractivity contribution in [3.63, 3.8) is 0 Å². The molecule has 0 bridgehead atoms. The second-order valence-electron chi connectivity index (χ2n) is 8.12. The lowest BCUT2D eigenvalue weighted by Gasteiger charge is -2.18. The summed E-state index contributed by atoms with van der Waals surface area (Å²) in [5, 5.41) is 13.2. The Morgan fingerprint density at radius 3 is 2.68 bits per heavy atom. The normalized spacial score (nSPS) is 14.0. The Labute approximate surface area is 203 Å². The summed E-state index contributed by atoms with van der Waals surface area (Å²) in [6.45, 7) is 0.275. The summed E-state index contributed by atoms with van der Waals surface area (Å²) in [6, 6.07) is 13.5. The van der Waals surface area contributed by atoms with Gasteiger partial charge in [-0.3, -0.25) is 14.2 Å². The summed E-state index contributed by atoms with van der Waals surface area (Å²) in [6.07, 6.45) is 4.18. The van der Waals surface area contributed by atoms with Crippen LogP contribution < -0.4 is 10.9 Å². The molecule has 174 valence electrons. The topological polar surface area (TPSA) is 89.8 Å². The average molecular weight is 496 g/mol. The van der Waals surface area contributed by atoms with E-state index in [1.807, 2.05) is 28.8 Å². The van der Waals surface area contributed by atoms with Gasteiger partial charge in [0.05, 0.1) is 16.7 Å². The number of nitrogens with zero attached hydrogens (tertiary/aromatic N) is 4. The number of benzene rings is 2. The average Bonchev–Trinajstić information content (AvgIpc) is 3.55. The smallest absolute Gasteiger partial charge is 0.282 e. The third-order valence-electron chi connectivity index (χ3n) is 5.82. The van der Waals surface area contributed by atoms with Gasteiger partial charge in [0.25, 0.3) is 11.5 Å². The number of nitrogens with one attached hydrogen (secondary N) is 1. The van der Waals surface area contributed by atoms with Crippen molar-refractivity contribution in [2.75, 3.05) is 0 Å². The van der Waals surface area contributed by atoms with Crippen LogP contribution in [0.25, 0.3) is 10.9 Å². The molecular formula is C24H22FN5O2S2. The standard InChI is InChI=1S/C24H22FN5O2S2/c25-16-11-9-15(10-12-16)13-26-21(31)22-29-28-20(34-22)14-33-24-27-19-8-4-3-7-18(19)23(32)30(24)17-5-1-2-6-17/h3-4,7-12,17H,1-2,5-6,13-14H2,(H,26,31). The van der Waals surface area contributed by atoms with Crippen LogP contribution in [0.4, 0.5) is 4.39 Å². The van der Waals surface area contributed by atoms with E-state index in [-0.39, 0.29) is 34.9 Å². The molecule has 4 aromatic rings. The van der Waals surface area contributed by atoms with Gasteiger partial charge in [0.1, 0.15) is 10.8 Å². The molecule has 0 atom stereocenters. The molecule has 1 fully saturated rings. The van der Waals surface area contributed by atoms with E-state index in [1.54, 1.807) is 12.1 Å². The van der Waals surface area contributed by atoms with Crippen molar-refractivity contribution in [3.8, 4) is 0 Å². The molecule has 0 radical (unpaired) electrons. The number of aromatic nitrogens is 4. The number of carbonyl (C=O) groups is 1. The molecule has 1 amide bonds. The third-order valence-corrected chi connectivity index (χ3v) is 7.89. The number of thioether (sulfide) groups is 1. The molecule has 1 N–H and O–H groups in total. The van der Waals surface area contributed by atoms with Crippen LogP contribution in [0.15, 0.2) is 58.5 Å². The monoisotopic (exact) mass is 495 g/mol. The molecule has 34 heavy (non-hydrogen) atoms. The van der Waals surface area contributed by atoms with E-state index in [9.17, 15) is 14.0 Å². The Balaban J connectivity index is 1.30. The number of para-hydroxylation sites is 1. The minimum Gasteiger partial charge on any atom is -0.346 e. The highest BCUT2D eigenvalue weighted by atomic mass is 32.2. The van der Waals surface area contributed by atoms with Gasteiger partial charge < -0.3 is 5.32 Å². The first-order valence-electron chi connectivity index (χ1n) is 11.1. The molecule has 0 saturated heterocycles. The van der Waals surface area contributed by atoms with Crippen LogP contribution in [0.1, 0.15) is 52.1 Å². The van der Waals surface area contributed by atoms with E-state index in [4.69, 9.17) is 4.98 Å². The van der Waals surface area contributed by atoms with Crippen LogP contribution in [-0.2, 0) is 12.3 Å². The summed E-state index contributed by atoms with van der Waals surface area (Å²) in [5.74, 6) is -0.189. The Morgan fingerprint density at radius 1 is 1.12 bits per heavy atom. The Hall–Kier alpha value is -3.11. The van der Waals surface area contributed by atoms with Gasteiger partial charge in [-0.05, 0) is 42.7 Å². The van der Waals surface area contributed by atoms with Crippen LogP contribution in [0, 0.1) is 5.82 Å². The van der Waals surface area contributed by atoms with Crippen molar-refractivity contribution in [3.05, 3.63) is 80.3 Å². The van der Waals surface area contributed by atoms with Crippen molar-refractivity contribution >= 4 is 39.9 Å². The van der Waals surface area contributed by atoms with Gasteiger partial charge >= 0.3 is 0 Å². The molecule has 2 heterocycles. The lowest BCUT2D eigenvalue weighted by molar-refractivity contribution is 0.0950. The number of rotatable bonds is 7. The van der Waals surface area contributed by atoms with Crippen LogP contribution in [0.3, 0.4) is 0 Å². The fraction of sp³-hybridized carbons (Fsp3) is 0.292. The predicted octanol–water partition coefficient (Wildman–Crippen LogP) is 4.72. The molecule has 1 aliphatic rings. The number of fused-ring (bicyclic) bond motifs is 1. The molecule has 0 spiro atoms. The first-order valence-corrected chi connectivity index (χ1v) is 12.9. The van der Waals surface area contributed by atoms with Gasteiger partial charge in [-0.2, -0.15) is 0 Å². The van der Waals surface area contributed by atoms with Crippen molar-refractivity contribution < 1.29 is 9.18 Å². The summed E-state index contributed by atoms with van der Waals surface area (Å²) >= 11 is 2.66. The van der Waals surface area contributed by atoms with E-state index in [0.717, 1.165) is 31.2 Å². The zero-order chi connectivity index (χ0) is 23.5. The molecule has 2 aromatic carbocycles. The zero-order valence-corrected chi connectivity index (χ0v) is 19.9. The summed E-state index contributed by atoms with van der Waals surface area (Å²) in [5.41, 5.74) is 1.47. The SMILES string of the molecule is O=C(NCc1ccc(F)cc1)c1nnc(CSc2nc3ccccc3c(=O)n2C2CCCC2)s1. The highest BCUT2D eigenvalue weighted by Gasteiger charge is 2.23. The van der Waals surface area contributed by atoms with Gasteiger partial charge in [-0.1, -0.05) is 60.2 Å². The minimum atomic E-state index is -0.329. The van der Waals surface area contributed by atoms with Gasteiger partial charge in [0.2, 0.25) is 5.01 Å². The number of hydrogen-bond donors (Lipinski definition) is 1. The maximum absolute atomic E-state index is 13.3. The Bertz CT molecular complexity index is 1380. The molecular weight excluding hydrogens is 473 g/mol. The van der Waals surface area contributed by atoms with Crippen molar-refractivity contribution in [2.24, 2.45) is 0 Å². The fourth-order valence-corrected chi connectivity index (χ4v) is 5.91. The molecule has 10 heteroatoms. The van der Waals surface area contributed by atoms with Crippen molar-refractivity contribution in [2.45, 2.75) is 49.2 Å². The predicted molar refractivity (Wildman–Crippen MR) is 131 cm³/mol. The van der Waals surface area contributed by atoms with E-state index in [0.29, 0.717) is 26.8 Å². The van der Waals surface area contributed by atoms with Gasteiger partial charge in [0.15, 0.2) is 5.16 Å². The quantitative estimate of drug-likeness (QED) is 0.295. The first-order chi connectivity index (χ1) is 16.6. The molecule has 1 saturated carbocycles. The minimum absolute atomic E-state index is 0.00174. The molecule has 2 aromatic heterocycles. The highest BCUT2D eigenvalue weighted by Crippen LogP contribution is 2.33. The Morgan fingerprint density at radius 2 is 1.88 bits per heavy atom. The van der Waals surface area contributed by atoms with E-state index >= 15 is 0 Å². The molecule has 7 nitrogen and oxygen atoms in total. The lowest BCUT2D eigenvalue weighted by Crippen LogP contribution is -2.26. The van der Waals surface area contributed by atoms with Crippen LogP contribution >= 0.6 is 23.1 Å². The number of hydrogen-bond acceptors (Lipinski definition) is 7. The van der Waals surface area contributed by atoms with Crippen LogP contribution in [0.5, 0.6) is 0 Å². The van der Waals surface area contributed by atoms with Crippen molar-refractivity contribution in [1.29, 1.82) is 0 Å². The highest BCUT2D eigenvalue weighted by molar-refractivity contribution is 7.98. The molecule has 0 aliphatic heterocycles. The summed E-state index contributed by atoms with van der Waals surface area (Å²) < 4.78 is 14.9. The zero-order valence-electron chi connectivity index (χ0n) is 18.2. The summed E-state index contributed by atoms with van der Waals surface area (Å²) in [4.78, 5) is 30.5. The molecule has 0 unspecified atom stereocenters. The van der Waals surface area contributed by atoms with E-state index in [2.05, 4.69) is 15.5 Å². The van der Waals surface area contributed by atoms with Gasteiger partial charge in [-0.25, -0.2) is 9.37 Å². The maximum atomic E-state index is 13.3. The van der Waals surface area contributed by atoms with Crippen LogP contribution in [-0.4, -0.2) is 25.7 Å². The fourth-order valence-electron chi connectivity index (χ4n) is 4.10. The molecule has 5 rings (SSSR count).